The van der Waals surface area contributed by atoms with Gasteiger partial charge in [-0.2, -0.15) is 0 Å². The molecule has 0 spiro atoms. The van der Waals surface area contributed by atoms with Crippen LogP contribution in [-0.4, -0.2) is 41.3 Å². The van der Waals surface area contributed by atoms with Gasteiger partial charge < -0.3 is 14.4 Å². The lowest BCUT2D eigenvalue weighted by Crippen LogP contribution is -2.41. The second kappa shape index (κ2) is 7.63. The van der Waals surface area contributed by atoms with Crippen molar-refractivity contribution in [3.05, 3.63) is 54.2 Å². The van der Waals surface area contributed by atoms with E-state index in [9.17, 15) is 18.0 Å². The van der Waals surface area contributed by atoms with E-state index in [2.05, 4.69) is 9.72 Å². The second-order valence-electron chi connectivity index (χ2n) is 5.85. The molecular formula is C18H17F3N2O3. The summed E-state index contributed by atoms with van der Waals surface area (Å²) in [7, 11) is 0. The Morgan fingerprint density at radius 1 is 1.08 bits per heavy atom. The van der Waals surface area contributed by atoms with Gasteiger partial charge in [-0.1, -0.05) is 6.07 Å². The van der Waals surface area contributed by atoms with Gasteiger partial charge in [0.05, 0.1) is 0 Å². The summed E-state index contributed by atoms with van der Waals surface area (Å²) in [6.45, 7) is 1.02. The molecule has 0 N–H and O–H groups in total. The van der Waals surface area contributed by atoms with Crippen LogP contribution in [0.15, 0.2) is 48.7 Å². The lowest BCUT2D eigenvalue weighted by molar-refractivity contribution is -0.274. The molecule has 1 fully saturated rings. The smallest absolute Gasteiger partial charge is 0.474 e. The fraction of sp³-hybridized carbons (Fsp3) is 0.333. The van der Waals surface area contributed by atoms with Crippen LogP contribution in [0, 0.1) is 0 Å². The zero-order valence-corrected chi connectivity index (χ0v) is 13.8. The molecule has 1 aromatic carbocycles. The van der Waals surface area contributed by atoms with Crippen LogP contribution in [0.3, 0.4) is 0 Å². The molecule has 8 heteroatoms. The Balaban J connectivity index is 1.53. The van der Waals surface area contributed by atoms with Crippen molar-refractivity contribution < 1.29 is 27.4 Å². The number of amides is 1. The maximum Gasteiger partial charge on any atom is 0.573 e. The first kappa shape index (κ1) is 18.0. The molecular weight excluding hydrogens is 349 g/mol. The number of hydrogen-bond donors (Lipinski definition) is 0. The molecule has 1 amide bonds. The summed E-state index contributed by atoms with van der Waals surface area (Å²) in [6.07, 6.45) is -1.78. The normalized spacial score (nSPS) is 15.6. The van der Waals surface area contributed by atoms with Gasteiger partial charge in [0, 0.05) is 43.8 Å². The van der Waals surface area contributed by atoms with Gasteiger partial charge in [-0.05, 0) is 30.3 Å². The van der Waals surface area contributed by atoms with Crippen molar-refractivity contribution in [1.82, 2.24) is 9.88 Å². The van der Waals surface area contributed by atoms with Crippen molar-refractivity contribution in [2.75, 3.05) is 13.1 Å². The molecule has 0 aliphatic carbocycles. The summed E-state index contributed by atoms with van der Waals surface area (Å²) in [4.78, 5) is 18.2. The lowest BCUT2D eigenvalue weighted by Gasteiger charge is -2.32. The van der Waals surface area contributed by atoms with Gasteiger partial charge in [-0.25, -0.2) is 4.98 Å². The molecule has 1 aliphatic heterocycles. The molecule has 0 atom stereocenters. The van der Waals surface area contributed by atoms with Crippen LogP contribution < -0.4 is 9.47 Å². The highest BCUT2D eigenvalue weighted by molar-refractivity contribution is 5.94. The number of alkyl halides is 3. The van der Waals surface area contributed by atoms with Crippen molar-refractivity contribution in [2.24, 2.45) is 0 Å². The molecule has 2 aromatic rings. The number of carbonyl (C=O) groups is 1. The molecule has 1 aromatic heterocycles. The average Bonchev–Trinajstić information content (AvgIpc) is 2.62. The largest absolute Gasteiger partial charge is 0.573 e. The minimum atomic E-state index is -4.75. The highest BCUT2D eigenvalue weighted by Gasteiger charge is 2.31. The maximum atomic E-state index is 12.5. The fourth-order valence-corrected chi connectivity index (χ4v) is 2.75. The topological polar surface area (TPSA) is 51.7 Å². The molecule has 0 bridgehead atoms. The Morgan fingerprint density at radius 2 is 1.77 bits per heavy atom. The molecule has 1 saturated heterocycles. The van der Waals surface area contributed by atoms with Crippen molar-refractivity contribution >= 4 is 5.91 Å². The van der Waals surface area contributed by atoms with E-state index in [4.69, 9.17) is 4.74 Å². The van der Waals surface area contributed by atoms with Gasteiger partial charge in [-0.15, -0.1) is 13.2 Å². The molecule has 1 aliphatic rings. The SMILES string of the molecule is O=C(c1ccc(OC(F)(F)F)cc1)N1CCC(Oc2ccccn2)CC1. The van der Waals surface area contributed by atoms with Crippen molar-refractivity contribution in [3.8, 4) is 11.6 Å². The Morgan fingerprint density at radius 3 is 2.35 bits per heavy atom. The first-order chi connectivity index (χ1) is 12.4. The van der Waals surface area contributed by atoms with Crippen LogP contribution in [0.25, 0.3) is 0 Å². The molecule has 26 heavy (non-hydrogen) atoms. The molecule has 5 nitrogen and oxygen atoms in total. The Labute approximate surface area is 148 Å². The number of hydrogen-bond acceptors (Lipinski definition) is 4. The van der Waals surface area contributed by atoms with E-state index in [0.717, 1.165) is 12.1 Å². The van der Waals surface area contributed by atoms with Gasteiger partial charge in [0.2, 0.25) is 5.88 Å². The predicted molar refractivity (Wildman–Crippen MR) is 86.9 cm³/mol. The van der Waals surface area contributed by atoms with Crippen molar-refractivity contribution in [3.63, 3.8) is 0 Å². The predicted octanol–water partition coefficient (Wildman–Crippen LogP) is 3.66. The number of ether oxygens (including phenoxy) is 2. The minimum Gasteiger partial charge on any atom is -0.474 e. The number of nitrogens with zero attached hydrogens (tertiary/aromatic N) is 2. The van der Waals surface area contributed by atoms with Crippen molar-refractivity contribution in [1.29, 1.82) is 0 Å². The van der Waals surface area contributed by atoms with Crippen LogP contribution in [0.1, 0.15) is 23.2 Å². The summed E-state index contributed by atoms with van der Waals surface area (Å²) in [5, 5.41) is 0. The molecule has 0 saturated carbocycles. The standard InChI is InChI=1S/C18H17F3N2O3/c19-18(20,21)26-15-6-4-13(5-7-15)17(24)23-11-8-14(9-12-23)25-16-3-1-2-10-22-16/h1-7,10,14H,8-9,11-12H2. The van der Waals surface area contributed by atoms with E-state index >= 15 is 0 Å². The highest BCUT2D eigenvalue weighted by Crippen LogP contribution is 2.24. The molecule has 0 unspecified atom stereocenters. The molecule has 0 radical (unpaired) electrons. The third-order valence-corrected chi connectivity index (χ3v) is 3.99. The van der Waals surface area contributed by atoms with Crippen LogP contribution in [0.5, 0.6) is 11.6 Å². The molecule has 138 valence electrons. The van der Waals surface area contributed by atoms with Crippen LogP contribution in [-0.2, 0) is 0 Å². The third kappa shape index (κ3) is 4.87. The van der Waals surface area contributed by atoms with E-state index < -0.39 is 6.36 Å². The molecule has 3 rings (SSSR count). The summed E-state index contributed by atoms with van der Waals surface area (Å²) in [5.41, 5.74) is 0.323. The average molecular weight is 366 g/mol. The first-order valence-electron chi connectivity index (χ1n) is 8.13. The van der Waals surface area contributed by atoms with Gasteiger partial charge in [0.25, 0.3) is 5.91 Å². The zero-order chi connectivity index (χ0) is 18.6. The Hall–Kier alpha value is -2.77. The summed E-state index contributed by atoms with van der Waals surface area (Å²) in [6, 6.07) is 10.4. The van der Waals surface area contributed by atoms with E-state index in [1.54, 1.807) is 23.2 Å². The second-order valence-corrected chi connectivity index (χ2v) is 5.85. The summed E-state index contributed by atoms with van der Waals surface area (Å²) >= 11 is 0. The Bertz CT molecular complexity index is 728. The van der Waals surface area contributed by atoms with Crippen molar-refractivity contribution in [2.45, 2.75) is 25.3 Å². The van der Waals surface area contributed by atoms with Gasteiger partial charge >= 0.3 is 6.36 Å². The van der Waals surface area contributed by atoms with E-state index in [1.165, 1.54) is 12.1 Å². The number of carbonyl (C=O) groups excluding carboxylic acids is 1. The summed E-state index contributed by atoms with van der Waals surface area (Å²) in [5.74, 6) is -0.0195. The number of pyridine rings is 1. The quantitative estimate of drug-likeness (QED) is 0.829. The van der Waals surface area contributed by atoms with Crippen LogP contribution >= 0.6 is 0 Å². The number of piperidine rings is 1. The minimum absolute atomic E-state index is 0.0171. The van der Waals surface area contributed by atoms with E-state index in [-0.39, 0.29) is 17.8 Å². The summed E-state index contributed by atoms with van der Waals surface area (Å²) < 4.78 is 46.1. The monoisotopic (exact) mass is 366 g/mol. The van der Waals surface area contributed by atoms with E-state index in [0.29, 0.717) is 37.4 Å². The number of halogens is 3. The highest BCUT2D eigenvalue weighted by atomic mass is 19.4. The number of aromatic nitrogens is 1. The third-order valence-electron chi connectivity index (χ3n) is 3.99. The van der Waals surface area contributed by atoms with Crippen LogP contribution in [0.4, 0.5) is 13.2 Å². The van der Waals surface area contributed by atoms with Gasteiger partial charge in [0.15, 0.2) is 0 Å². The number of likely N-dealkylation sites (tertiary alicyclic amines) is 1. The van der Waals surface area contributed by atoms with Gasteiger partial charge in [0.1, 0.15) is 11.9 Å². The maximum absolute atomic E-state index is 12.5. The number of rotatable bonds is 4. The van der Waals surface area contributed by atoms with Gasteiger partial charge in [-0.3, -0.25) is 4.79 Å². The van der Waals surface area contributed by atoms with Crippen LogP contribution in [0.2, 0.25) is 0 Å². The molecule has 2 heterocycles. The number of benzene rings is 1. The first-order valence-corrected chi connectivity index (χ1v) is 8.13. The van der Waals surface area contributed by atoms with E-state index in [1.807, 2.05) is 6.07 Å². The zero-order valence-electron chi connectivity index (χ0n) is 13.8. The fourth-order valence-electron chi connectivity index (χ4n) is 2.75. The Kier molecular flexibility index (Phi) is 5.29. The lowest BCUT2D eigenvalue weighted by atomic mass is 10.1.